The molecule has 0 fully saturated rings. The number of ether oxygens (including phenoxy) is 1. The fraction of sp³-hybridized carbons (Fsp3) is 0.889. The molecule has 0 aliphatic rings. The maximum absolute atomic E-state index is 11.9. The lowest BCUT2D eigenvalue weighted by Gasteiger charge is -2.27. The first-order valence-corrected chi connectivity index (χ1v) is 6.54. The fourth-order valence-electron chi connectivity index (χ4n) is 1.03. The van der Waals surface area contributed by atoms with Crippen LogP contribution in [0, 0.1) is 0 Å². The van der Waals surface area contributed by atoms with E-state index in [1.165, 1.54) is 21.2 Å². The molecular formula is C9H20N2O5S. The maximum Gasteiger partial charge on any atom is 0.306 e. The number of aliphatic hydroxyl groups excluding tert-OH is 1. The smallest absolute Gasteiger partial charge is 0.306 e. The third kappa shape index (κ3) is 4.58. The summed E-state index contributed by atoms with van der Waals surface area (Å²) in [6.45, 7) is 1.36. The van der Waals surface area contributed by atoms with Gasteiger partial charge in [0, 0.05) is 26.7 Å². The zero-order chi connectivity index (χ0) is 13.6. The topological polar surface area (TPSA) is 87.2 Å². The molecule has 0 amide bonds. The Hall–Kier alpha value is -0.700. The van der Waals surface area contributed by atoms with Crippen molar-refractivity contribution in [2.75, 3.05) is 34.4 Å². The number of methoxy groups -OCH3 is 1. The van der Waals surface area contributed by atoms with Crippen molar-refractivity contribution >= 4 is 16.2 Å². The average molecular weight is 268 g/mol. The van der Waals surface area contributed by atoms with Crippen molar-refractivity contribution in [2.45, 2.75) is 19.4 Å². The monoisotopic (exact) mass is 268 g/mol. The van der Waals surface area contributed by atoms with Gasteiger partial charge in [-0.3, -0.25) is 4.79 Å². The Balaban J connectivity index is 4.55. The third-order valence-electron chi connectivity index (χ3n) is 2.50. The molecule has 0 bridgehead atoms. The summed E-state index contributed by atoms with van der Waals surface area (Å²) in [5, 5.41) is 8.91. The molecule has 0 saturated carbocycles. The molecule has 0 aromatic heterocycles. The largest absolute Gasteiger partial charge is 0.469 e. The Morgan fingerprint density at radius 1 is 1.41 bits per heavy atom. The van der Waals surface area contributed by atoms with E-state index in [0.29, 0.717) is 0 Å². The van der Waals surface area contributed by atoms with Crippen LogP contribution in [0.2, 0.25) is 0 Å². The van der Waals surface area contributed by atoms with Crippen LogP contribution in [0.4, 0.5) is 0 Å². The molecule has 17 heavy (non-hydrogen) atoms. The predicted octanol–water partition coefficient (Wildman–Crippen LogP) is -0.961. The van der Waals surface area contributed by atoms with Gasteiger partial charge in [0.1, 0.15) is 0 Å². The minimum absolute atomic E-state index is 0.00637. The first-order chi connectivity index (χ1) is 7.77. The van der Waals surface area contributed by atoms with Crippen LogP contribution < -0.4 is 0 Å². The molecule has 0 heterocycles. The van der Waals surface area contributed by atoms with Gasteiger partial charge in [-0.25, -0.2) is 0 Å². The van der Waals surface area contributed by atoms with Gasteiger partial charge in [0.25, 0.3) is 10.2 Å². The van der Waals surface area contributed by atoms with Crippen molar-refractivity contribution < 1.29 is 23.1 Å². The zero-order valence-corrected chi connectivity index (χ0v) is 11.4. The van der Waals surface area contributed by atoms with E-state index in [1.54, 1.807) is 6.92 Å². The predicted molar refractivity (Wildman–Crippen MR) is 62.5 cm³/mol. The number of likely N-dealkylation sites (N-methyl/N-ethyl adjacent to an activating group) is 1. The number of esters is 1. The van der Waals surface area contributed by atoms with Gasteiger partial charge in [0.05, 0.1) is 20.1 Å². The van der Waals surface area contributed by atoms with E-state index in [9.17, 15) is 13.2 Å². The molecule has 0 radical (unpaired) electrons. The quantitative estimate of drug-likeness (QED) is 0.601. The molecule has 0 aromatic carbocycles. The zero-order valence-electron chi connectivity index (χ0n) is 10.6. The van der Waals surface area contributed by atoms with Gasteiger partial charge in [-0.15, -0.1) is 0 Å². The molecule has 1 N–H and O–H groups in total. The van der Waals surface area contributed by atoms with Gasteiger partial charge in [-0.1, -0.05) is 0 Å². The lowest BCUT2D eigenvalue weighted by Crippen LogP contribution is -2.45. The standard InChI is InChI=1S/C9H20N2O5S/c1-8(7-12)11(3)17(14,15)10(2)6-5-9(13)16-4/h8,12H,5-7H2,1-4H3. The highest BCUT2D eigenvalue weighted by Gasteiger charge is 2.27. The van der Waals surface area contributed by atoms with Crippen LogP contribution >= 0.6 is 0 Å². The second-order valence-corrected chi connectivity index (χ2v) is 5.80. The number of carbonyl (C=O) groups is 1. The van der Waals surface area contributed by atoms with E-state index in [2.05, 4.69) is 4.74 Å². The summed E-state index contributed by atoms with van der Waals surface area (Å²) in [7, 11) is 0.345. The number of hydrogen-bond acceptors (Lipinski definition) is 5. The summed E-state index contributed by atoms with van der Waals surface area (Å²) in [4.78, 5) is 10.9. The van der Waals surface area contributed by atoms with Gasteiger partial charge in [0.2, 0.25) is 0 Å². The summed E-state index contributed by atoms with van der Waals surface area (Å²) in [6, 6.07) is -0.513. The number of carbonyl (C=O) groups excluding carboxylic acids is 1. The van der Waals surface area contributed by atoms with E-state index in [4.69, 9.17) is 5.11 Å². The summed E-state index contributed by atoms with van der Waals surface area (Å²) < 4.78 is 30.4. The first kappa shape index (κ1) is 16.3. The van der Waals surface area contributed by atoms with Crippen LogP contribution in [0.15, 0.2) is 0 Å². The van der Waals surface area contributed by atoms with Crippen molar-refractivity contribution in [2.24, 2.45) is 0 Å². The summed E-state index contributed by atoms with van der Waals surface area (Å²) >= 11 is 0. The van der Waals surface area contributed by atoms with Gasteiger partial charge in [-0.05, 0) is 6.92 Å². The van der Waals surface area contributed by atoms with Gasteiger partial charge < -0.3 is 9.84 Å². The molecule has 0 saturated heterocycles. The van der Waals surface area contributed by atoms with Crippen LogP contribution in [0.3, 0.4) is 0 Å². The van der Waals surface area contributed by atoms with Crippen LogP contribution in [0.25, 0.3) is 0 Å². The Kier molecular flexibility index (Phi) is 6.61. The Labute approximate surface area is 102 Å². The molecular weight excluding hydrogens is 248 g/mol. The van der Waals surface area contributed by atoms with E-state index < -0.39 is 22.2 Å². The summed E-state index contributed by atoms with van der Waals surface area (Å²) in [5.41, 5.74) is 0. The number of aliphatic hydroxyl groups is 1. The van der Waals surface area contributed by atoms with E-state index in [0.717, 1.165) is 8.61 Å². The summed E-state index contributed by atoms with van der Waals surface area (Å²) in [6.07, 6.45) is -0.00637. The molecule has 0 rings (SSSR count). The van der Waals surface area contributed by atoms with Crippen LogP contribution in [0.5, 0.6) is 0 Å². The summed E-state index contributed by atoms with van der Waals surface area (Å²) in [5.74, 6) is -0.468. The first-order valence-electron chi connectivity index (χ1n) is 5.14. The highest BCUT2D eigenvalue weighted by Crippen LogP contribution is 2.08. The molecule has 102 valence electrons. The van der Waals surface area contributed by atoms with Gasteiger partial charge >= 0.3 is 5.97 Å². The number of hydrogen-bond donors (Lipinski definition) is 1. The molecule has 8 heteroatoms. The highest BCUT2D eigenvalue weighted by atomic mass is 32.2. The lowest BCUT2D eigenvalue weighted by molar-refractivity contribution is -0.140. The van der Waals surface area contributed by atoms with E-state index >= 15 is 0 Å². The minimum atomic E-state index is -3.66. The van der Waals surface area contributed by atoms with Gasteiger partial charge in [-0.2, -0.15) is 17.0 Å². The third-order valence-corrected chi connectivity index (χ3v) is 4.56. The molecule has 7 nitrogen and oxygen atoms in total. The van der Waals surface area contributed by atoms with Crippen molar-refractivity contribution in [3.63, 3.8) is 0 Å². The Morgan fingerprint density at radius 2 is 1.94 bits per heavy atom. The second-order valence-electron chi connectivity index (χ2n) is 3.70. The van der Waals surface area contributed by atoms with Gasteiger partial charge in [0.15, 0.2) is 0 Å². The van der Waals surface area contributed by atoms with Crippen molar-refractivity contribution in [3.8, 4) is 0 Å². The Bertz CT molecular complexity index is 343. The van der Waals surface area contributed by atoms with Crippen LogP contribution in [-0.4, -0.2) is 68.5 Å². The molecule has 0 aliphatic carbocycles. The lowest BCUT2D eigenvalue weighted by atomic mass is 10.4. The van der Waals surface area contributed by atoms with Crippen molar-refractivity contribution in [1.29, 1.82) is 0 Å². The Morgan fingerprint density at radius 3 is 2.35 bits per heavy atom. The minimum Gasteiger partial charge on any atom is -0.469 e. The average Bonchev–Trinajstić information content (AvgIpc) is 2.32. The second kappa shape index (κ2) is 6.90. The van der Waals surface area contributed by atoms with E-state index in [-0.39, 0.29) is 19.6 Å². The highest BCUT2D eigenvalue weighted by molar-refractivity contribution is 7.86. The molecule has 1 unspecified atom stereocenters. The molecule has 0 spiro atoms. The maximum atomic E-state index is 11.9. The van der Waals surface area contributed by atoms with E-state index in [1.807, 2.05) is 0 Å². The fourth-order valence-corrected chi connectivity index (χ4v) is 2.31. The van der Waals surface area contributed by atoms with Crippen molar-refractivity contribution in [1.82, 2.24) is 8.61 Å². The van der Waals surface area contributed by atoms with Crippen molar-refractivity contribution in [3.05, 3.63) is 0 Å². The van der Waals surface area contributed by atoms with Crippen LogP contribution in [0.1, 0.15) is 13.3 Å². The number of rotatable bonds is 7. The molecule has 1 atom stereocenters. The number of nitrogens with zero attached hydrogens (tertiary/aromatic N) is 2. The normalized spacial score (nSPS) is 14.1. The van der Waals surface area contributed by atoms with Crippen LogP contribution in [-0.2, 0) is 19.7 Å². The SMILES string of the molecule is COC(=O)CCN(C)S(=O)(=O)N(C)C(C)CO. The molecule has 0 aliphatic heterocycles. The molecule has 0 aromatic rings.